The molecule has 0 N–H and O–H groups in total. The summed E-state index contributed by atoms with van der Waals surface area (Å²) in [5.74, 6) is -0.344. The van der Waals surface area contributed by atoms with Crippen LogP contribution in [0.4, 0.5) is 0 Å². The van der Waals surface area contributed by atoms with Crippen LogP contribution in [0, 0.1) is 0 Å². The van der Waals surface area contributed by atoms with Gasteiger partial charge in [0.05, 0.1) is 4.90 Å². The number of benzene rings is 1. The molecular weight excluding hydrogens is 276 g/mol. The molecule has 0 aliphatic carbocycles. The van der Waals surface area contributed by atoms with Crippen molar-refractivity contribution in [2.45, 2.75) is 31.1 Å². The molecule has 0 unspecified atom stereocenters. The molecule has 0 fully saturated rings. The molecule has 0 saturated heterocycles. The van der Waals surface area contributed by atoms with Crippen molar-refractivity contribution in [3.05, 3.63) is 29.8 Å². The van der Waals surface area contributed by atoms with Gasteiger partial charge in [-0.25, -0.2) is 8.42 Å². The van der Waals surface area contributed by atoms with Gasteiger partial charge in [0, 0.05) is 23.0 Å². The molecule has 0 saturated carbocycles. The summed E-state index contributed by atoms with van der Waals surface area (Å²) in [6, 6.07) is 6.21. The van der Waals surface area contributed by atoms with Crippen LogP contribution in [0.2, 0.25) is 0 Å². The van der Waals surface area contributed by atoms with E-state index in [2.05, 4.69) is 0 Å². The second kappa shape index (κ2) is 5.28. The standard InChI is InChI=1S/C12H15ClO4S/c1-9(14)17-8-12(2,3)10-4-6-11(7-5-10)18(13,15)16/h4-7H,8H2,1-3H3. The third kappa shape index (κ3) is 3.99. The Morgan fingerprint density at radius 3 is 2.17 bits per heavy atom. The Hall–Kier alpha value is -1.07. The Morgan fingerprint density at radius 2 is 1.78 bits per heavy atom. The smallest absolute Gasteiger partial charge is 0.302 e. The Bertz CT molecular complexity index is 532. The van der Waals surface area contributed by atoms with E-state index < -0.39 is 9.05 Å². The number of carbonyl (C=O) groups excluding carboxylic acids is 1. The summed E-state index contributed by atoms with van der Waals surface area (Å²) >= 11 is 0. The molecule has 0 aliphatic rings. The van der Waals surface area contributed by atoms with E-state index in [1.165, 1.54) is 19.1 Å². The zero-order valence-corrected chi connectivity index (χ0v) is 12.0. The number of carbonyl (C=O) groups is 1. The average Bonchev–Trinajstić information content (AvgIpc) is 2.26. The third-order valence-electron chi connectivity index (χ3n) is 2.55. The van der Waals surface area contributed by atoms with E-state index in [0.29, 0.717) is 0 Å². The van der Waals surface area contributed by atoms with Gasteiger partial charge in [0.1, 0.15) is 6.61 Å². The lowest BCUT2D eigenvalue weighted by Gasteiger charge is -2.24. The lowest BCUT2D eigenvalue weighted by Crippen LogP contribution is -2.25. The minimum atomic E-state index is -3.70. The van der Waals surface area contributed by atoms with Crippen LogP contribution in [0.15, 0.2) is 29.2 Å². The van der Waals surface area contributed by atoms with Gasteiger partial charge in [-0.05, 0) is 17.7 Å². The van der Waals surface area contributed by atoms with Crippen LogP contribution in [0.5, 0.6) is 0 Å². The van der Waals surface area contributed by atoms with E-state index in [9.17, 15) is 13.2 Å². The number of halogens is 1. The van der Waals surface area contributed by atoms with Crippen LogP contribution >= 0.6 is 10.7 Å². The van der Waals surface area contributed by atoms with E-state index >= 15 is 0 Å². The fourth-order valence-electron chi connectivity index (χ4n) is 1.43. The van der Waals surface area contributed by atoms with Gasteiger partial charge in [-0.3, -0.25) is 4.79 Å². The van der Waals surface area contributed by atoms with E-state index in [0.717, 1.165) is 5.56 Å². The molecule has 100 valence electrons. The minimum Gasteiger partial charge on any atom is -0.465 e. The Balaban J connectivity index is 2.94. The predicted octanol–water partition coefficient (Wildman–Crippen LogP) is 2.45. The molecule has 0 atom stereocenters. The first-order chi connectivity index (χ1) is 8.13. The Labute approximate surface area is 111 Å². The molecule has 0 radical (unpaired) electrons. The lowest BCUT2D eigenvalue weighted by atomic mass is 9.86. The second-order valence-electron chi connectivity index (χ2n) is 4.63. The van der Waals surface area contributed by atoms with Gasteiger partial charge < -0.3 is 4.74 Å². The number of ether oxygens (including phenoxy) is 1. The van der Waals surface area contributed by atoms with Crippen molar-refractivity contribution >= 4 is 25.7 Å². The van der Waals surface area contributed by atoms with E-state index in [1.807, 2.05) is 13.8 Å². The maximum atomic E-state index is 11.1. The monoisotopic (exact) mass is 290 g/mol. The molecule has 0 aromatic heterocycles. The predicted molar refractivity (Wildman–Crippen MR) is 69.1 cm³/mol. The van der Waals surface area contributed by atoms with E-state index in [-0.39, 0.29) is 22.9 Å². The average molecular weight is 291 g/mol. The molecule has 1 aromatic carbocycles. The Morgan fingerprint density at radius 1 is 1.28 bits per heavy atom. The van der Waals surface area contributed by atoms with Crippen molar-refractivity contribution in [2.24, 2.45) is 0 Å². The number of rotatable bonds is 4. The quantitative estimate of drug-likeness (QED) is 0.631. The largest absolute Gasteiger partial charge is 0.465 e. The zero-order chi connectivity index (χ0) is 14.0. The van der Waals surface area contributed by atoms with Crippen molar-refractivity contribution in [3.63, 3.8) is 0 Å². The topological polar surface area (TPSA) is 60.4 Å². The summed E-state index contributed by atoms with van der Waals surface area (Å²) < 4.78 is 27.2. The van der Waals surface area contributed by atoms with Crippen LogP contribution < -0.4 is 0 Å². The first-order valence-electron chi connectivity index (χ1n) is 5.31. The Kier molecular flexibility index (Phi) is 4.40. The van der Waals surface area contributed by atoms with Crippen molar-refractivity contribution in [3.8, 4) is 0 Å². The number of hydrogen-bond acceptors (Lipinski definition) is 4. The lowest BCUT2D eigenvalue weighted by molar-refractivity contribution is -0.142. The maximum Gasteiger partial charge on any atom is 0.302 e. The van der Waals surface area contributed by atoms with E-state index in [4.69, 9.17) is 15.4 Å². The summed E-state index contributed by atoms with van der Waals surface area (Å²) in [6.07, 6.45) is 0. The minimum absolute atomic E-state index is 0.0520. The molecule has 1 aromatic rings. The highest BCUT2D eigenvalue weighted by molar-refractivity contribution is 8.13. The van der Waals surface area contributed by atoms with Crippen molar-refractivity contribution in [1.29, 1.82) is 0 Å². The van der Waals surface area contributed by atoms with Crippen molar-refractivity contribution in [2.75, 3.05) is 6.61 Å². The molecule has 1 rings (SSSR count). The fraction of sp³-hybridized carbons (Fsp3) is 0.417. The first-order valence-corrected chi connectivity index (χ1v) is 7.62. The van der Waals surface area contributed by atoms with Gasteiger partial charge >= 0.3 is 5.97 Å². The number of hydrogen-bond donors (Lipinski definition) is 0. The SMILES string of the molecule is CC(=O)OCC(C)(C)c1ccc(S(=O)(=O)Cl)cc1. The summed E-state index contributed by atoms with van der Waals surface area (Å²) in [7, 11) is 1.53. The molecule has 0 bridgehead atoms. The maximum absolute atomic E-state index is 11.1. The van der Waals surface area contributed by atoms with Gasteiger partial charge in [0.15, 0.2) is 0 Å². The molecule has 0 spiro atoms. The first kappa shape index (κ1) is 15.0. The molecule has 0 aliphatic heterocycles. The van der Waals surface area contributed by atoms with Crippen molar-refractivity contribution in [1.82, 2.24) is 0 Å². The van der Waals surface area contributed by atoms with Crippen LogP contribution in [0.1, 0.15) is 26.3 Å². The highest BCUT2D eigenvalue weighted by atomic mass is 35.7. The summed E-state index contributed by atoms with van der Waals surface area (Å²) in [5.41, 5.74) is 0.480. The molecule has 0 heterocycles. The molecule has 0 amide bonds. The highest BCUT2D eigenvalue weighted by Gasteiger charge is 2.23. The van der Waals surface area contributed by atoms with Crippen LogP contribution in [0.3, 0.4) is 0 Å². The summed E-state index contributed by atoms with van der Waals surface area (Å²) in [4.78, 5) is 10.8. The van der Waals surface area contributed by atoms with Crippen LogP contribution in [-0.2, 0) is 24.0 Å². The fourth-order valence-corrected chi connectivity index (χ4v) is 2.20. The summed E-state index contributed by atoms with van der Waals surface area (Å²) in [6.45, 7) is 5.38. The summed E-state index contributed by atoms with van der Waals surface area (Å²) in [5, 5.41) is 0. The van der Waals surface area contributed by atoms with Crippen LogP contribution in [0.25, 0.3) is 0 Å². The highest BCUT2D eigenvalue weighted by Crippen LogP contribution is 2.25. The normalized spacial score (nSPS) is 12.2. The van der Waals surface area contributed by atoms with E-state index in [1.54, 1.807) is 12.1 Å². The van der Waals surface area contributed by atoms with Gasteiger partial charge in [-0.2, -0.15) is 0 Å². The molecular formula is C12H15ClO4S. The molecule has 6 heteroatoms. The van der Waals surface area contributed by atoms with Gasteiger partial charge in [-0.1, -0.05) is 26.0 Å². The zero-order valence-electron chi connectivity index (χ0n) is 10.4. The van der Waals surface area contributed by atoms with Gasteiger partial charge in [-0.15, -0.1) is 0 Å². The molecule has 4 nitrogen and oxygen atoms in total. The number of esters is 1. The van der Waals surface area contributed by atoms with Gasteiger partial charge in [0.25, 0.3) is 9.05 Å². The van der Waals surface area contributed by atoms with Crippen LogP contribution in [-0.4, -0.2) is 21.0 Å². The third-order valence-corrected chi connectivity index (χ3v) is 3.92. The van der Waals surface area contributed by atoms with Crippen molar-refractivity contribution < 1.29 is 17.9 Å². The second-order valence-corrected chi connectivity index (χ2v) is 7.19. The van der Waals surface area contributed by atoms with Gasteiger partial charge in [0.2, 0.25) is 0 Å². The molecule has 18 heavy (non-hydrogen) atoms.